The Labute approximate surface area is 211 Å². The molecule has 3 aromatic rings. The van der Waals surface area contributed by atoms with E-state index < -0.39 is 34.6 Å². The third-order valence-corrected chi connectivity index (χ3v) is 7.26. The SMILES string of the molecule is CCOc1ccccc1N(CC(=O)Nc1ccc(OC(F)(F)F)cc1)S(=O)(=O)c1ccc(SC)cc1. The number of alkyl halides is 3. The van der Waals surface area contributed by atoms with Crippen molar-refractivity contribution in [1.82, 2.24) is 0 Å². The molecule has 0 heterocycles. The number of carbonyl (C=O) groups excluding carboxylic acids is 1. The van der Waals surface area contributed by atoms with Crippen LogP contribution in [0.25, 0.3) is 0 Å². The van der Waals surface area contributed by atoms with E-state index in [1.807, 2.05) is 6.26 Å². The molecule has 0 atom stereocenters. The van der Waals surface area contributed by atoms with Gasteiger partial charge in [0, 0.05) is 10.6 Å². The molecule has 0 bridgehead atoms. The monoisotopic (exact) mass is 540 g/mol. The second-order valence-electron chi connectivity index (χ2n) is 7.21. The lowest BCUT2D eigenvalue weighted by molar-refractivity contribution is -0.274. The van der Waals surface area contributed by atoms with Crippen LogP contribution < -0.4 is 19.1 Å². The van der Waals surface area contributed by atoms with Crippen molar-refractivity contribution in [1.29, 1.82) is 0 Å². The van der Waals surface area contributed by atoms with Crippen molar-refractivity contribution >= 4 is 39.1 Å². The second kappa shape index (κ2) is 11.6. The Morgan fingerprint density at radius 1 is 1.00 bits per heavy atom. The van der Waals surface area contributed by atoms with E-state index in [4.69, 9.17) is 4.74 Å². The van der Waals surface area contributed by atoms with E-state index >= 15 is 0 Å². The van der Waals surface area contributed by atoms with Crippen LogP contribution >= 0.6 is 11.8 Å². The van der Waals surface area contributed by atoms with Gasteiger partial charge in [0.2, 0.25) is 5.91 Å². The molecule has 0 aliphatic carbocycles. The van der Waals surface area contributed by atoms with Gasteiger partial charge in [0.05, 0.1) is 17.2 Å². The number of para-hydroxylation sites is 2. The fraction of sp³-hybridized carbons (Fsp3) is 0.208. The highest BCUT2D eigenvalue weighted by atomic mass is 32.2. The lowest BCUT2D eigenvalue weighted by Crippen LogP contribution is -2.38. The number of amides is 1. The lowest BCUT2D eigenvalue weighted by Gasteiger charge is -2.26. The van der Waals surface area contributed by atoms with Gasteiger partial charge in [-0.15, -0.1) is 24.9 Å². The molecule has 0 aromatic heterocycles. The zero-order chi connectivity index (χ0) is 26.3. The van der Waals surface area contributed by atoms with Crippen LogP contribution in [0, 0.1) is 0 Å². The van der Waals surface area contributed by atoms with Crippen LogP contribution in [-0.4, -0.2) is 40.1 Å². The van der Waals surface area contributed by atoms with Gasteiger partial charge in [-0.25, -0.2) is 8.42 Å². The van der Waals surface area contributed by atoms with Crippen molar-refractivity contribution in [2.24, 2.45) is 0 Å². The van der Waals surface area contributed by atoms with E-state index in [1.54, 1.807) is 37.3 Å². The maximum atomic E-state index is 13.6. The molecule has 0 fully saturated rings. The Bertz CT molecular complexity index is 1280. The predicted octanol–water partition coefficient (Wildman–Crippen LogP) is 5.54. The molecule has 0 spiro atoms. The number of nitrogens with zero attached hydrogens (tertiary/aromatic N) is 1. The smallest absolute Gasteiger partial charge is 0.492 e. The van der Waals surface area contributed by atoms with Gasteiger partial charge in [0.1, 0.15) is 18.0 Å². The Morgan fingerprint density at radius 2 is 1.64 bits per heavy atom. The van der Waals surface area contributed by atoms with Gasteiger partial charge >= 0.3 is 6.36 Å². The number of benzene rings is 3. The fourth-order valence-corrected chi connectivity index (χ4v) is 5.03. The van der Waals surface area contributed by atoms with Gasteiger partial charge in [-0.2, -0.15) is 0 Å². The zero-order valence-electron chi connectivity index (χ0n) is 19.3. The first-order chi connectivity index (χ1) is 17.0. The highest BCUT2D eigenvalue weighted by Gasteiger charge is 2.31. The number of halogens is 3. The number of carbonyl (C=O) groups is 1. The van der Waals surface area contributed by atoms with E-state index in [1.165, 1.54) is 42.1 Å². The topological polar surface area (TPSA) is 84.9 Å². The van der Waals surface area contributed by atoms with E-state index in [0.717, 1.165) is 21.3 Å². The van der Waals surface area contributed by atoms with Crippen LogP contribution in [0.15, 0.2) is 82.6 Å². The Balaban J connectivity index is 1.90. The van der Waals surface area contributed by atoms with Crippen LogP contribution in [-0.2, 0) is 14.8 Å². The summed E-state index contributed by atoms with van der Waals surface area (Å²) in [6, 6.07) is 17.1. The fourth-order valence-electron chi connectivity index (χ4n) is 3.19. The number of nitrogens with one attached hydrogen (secondary N) is 1. The quantitative estimate of drug-likeness (QED) is 0.340. The number of anilines is 2. The summed E-state index contributed by atoms with van der Waals surface area (Å²) in [6.07, 6.45) is -2.98. The number of thioether (sulfide) groups is 1. The third kappa shape index (κ3) is 7.08. The highest BCUT2D eigenvalue weighted by molar-refractivity contribution is 7.98. The summed E-state index contributed by atoms with van der Waals surface area (Å²) in [7, 11) is -4.20. The Kier molecular flexibility index (Phi) is 8.75. The molecule has 1 amide bonds. The Hall–Kier alpha value is -3.38. The molecule has 3 rings (SSSR count). The zero-order valence-corrected chi connectivity index (χ0v) is 20.9. The van der Waals surface area contributed by atoms with Gasteiger partial charge < -0.3 is 14.8 Å². The summed E-state index contributed by atoms with van der Waals surface area (Å²) in [5.41, 5.74) is 0.326. The van der Waals surface area contributed by atoms with Gasteiger partial charge in [0.25, 0.3) is 10.0 Å². The minimum Gasteiger partial charge on any atom is -0.492 e. The minimum atomic E-state index is -4.85. The third-order valence-electron chi connectivity index (χ3n) is 4.74. The maximum absolute atomic E-state index is 13.6. The number of hydrogen-bond acceptors (Lipinski definition) is 6. The van der Waals surface area contributed by atoms with E-state index in [-0.39, 0.29) is 28.6 Å². The van der Waals surface area contributed by atoms with Crippen LogP contribution in [0.1, 0.15) is 6.92 Å². The summed E-state index contributed by atoms with van der Waals surface area (Å²) >= 11 is 1.45. The summed E-state index contributed by atoms with van der Waals surface area (Å²) in [4.78, 5) is 13.7. The molecule has 1 N–H and O–H groups in total. The molecule has 0 unspecified atom stereocenters. The summed E-state index contributed by atoms with van der Waals surface area (Å²) in [5, 5.41) is 2.50. The molecule has 7 nitrogen and oxygen atoms in total. The van der Waals surface area contributed by atoms with Crippen LogP contribution in [0.3, 0.4) is 0 Å². The van der Waals surface area contributed by atoms with Crippen molar-refractivity contribution in [2.75, 3.05) is 29.0 Å². The molecule has 0 aliphatic rings. The van der Waals surface area contributed by atoms with Gasteiger partial charge in [-0.3, -0.25) is 9.10 Å². The van der Waals surface area contributed by atoms with Crippen molar-refractivity contribution in [2.45, 2.75) is 23.1 Å². The molecule has 0 saturated heterocycles. The number of hydrogen-bond donors (Lipinski definition) is 1. The number of rotatable bonds is 10. The minimum absolute atomic E-state index is 0.0203. The van der Waals surface area contributed by atoms with Gasteiger partial charge in [-0.05, 0) is 73.8 Å². The first kappa shape index (κ1) is 27.2. The first-order valence-corrected chi connectivity index (χ1v) is 13.2. The molecular formula is C24H23F3N2O5S2. The Morgan fingerprint density at radius 3 is 2.22 bits per heavy atom. The van der Waals surface area contributed by atoms with Crippen molar-refractivity contribution in [3.63, 3.8) is 0 Å². The van der Waals surface area contributed by atoms with E-state index in [2.05, 4.69) is 10.1 Å². The van der Waals surface area contributed by atoms with E-state index in [9.17, 15) is 26.4 Å². The summed E-state index contributed by atoms with van der Waals surface area (Å²) < 4.78 is 74.7. The number of sulfonamides is 1. The van der Waals surface area contributed by atoms with Crippen LogP contribution in [0.4, 0.5) is 24.5 Å². The standard InChI is InChI=1S/C24H23F3N2O5S2/c1-3-33-22-7-5-4-6-21(22)29(36(31,32)20-14-12-19(35-2)13-15-20)16-23(30)28-17-8-10-18(11-9-17)34-24(25,26)27/h4-15H,3,16H2,1-2H3,(H,28,30). The van der Waals surface area contributed by atoms with Gasteiger partial charge in [-0.1, -0.05) is 12.1 Å². The molecular weight excluding hydrogens is 517 g/mol. The average Bonchev–Trinajstić information content (AvgIpc) is 2.83. The largest absolute Gasteiger partial charge is 0.573 e. The predicted molar refractivity (Wildman–Crippen MR) is 132 cm³/mol. The average molecular weight is 541 g/mol. The first-order valence-electron chi connectivity index (χ1n) is 10.6. The normalized spacial score (nSPS) is 11.6. The lowest BCUT2D eigenvalue weighted by atomic mass is 10.3. The molecule has 3 aromatic carbocycles. The highest BCUT2D eigenvalue weighted by Crippen LogP contribution is 2.33. The van der Waals surface area contributed by atoms with E-state index in [0.29, 0.717) is 0 Å². The summed E-state index contributed by atoms with van der Waals surface area (Å²) in [5.74, 6) is -0.898. The molecule has 0 saturated carbocycles. The molecule has 0 radical (unpaired) electrons. The molecule has 0 aliphatic heterocycles. The molecule has 36 heavy (non-hydrogen) atoms. The molecule has 192 valence electrons. The maximum Gasteiger partial charge on any atom is 0.573 e. The van der Waals surface area contributed by atoms with Crippen molar-refractivity contribution < 1.29 is 35.9 Å². The summed E-state index contributed by atoms with van der Waals surface area (Å²) in [6.45, 7) is 1.40. The van der Waals surface area contributed by atoms with Crippen molar-refractivity contribution in [3.8, 4) is 11.5 Å². The van der Waals surface area contributed by atoms with Crippen LogP contribution in [0.5, 0.6) is 11.5 Å². The molecule has 12 heteroatoms. The number of ether oxygens (including phenoxy) is 2. The van der Waals surface area contributed by atoms with Crippen LogP contribution in [0.2, 0.25) is 0 Å². The second-order valence-corrected chi connectivity index (χ2v) is 9.95. The van der Waals surface area contributed by atoms with Crippen molar-refractivity contribution in [3.05, 3.63) is 72.8 Å². The van der Waals surface area contributed by atoms with Gasteiger partial charge in [0.15, 0.2) is 0 Å².